The van der Waals surface area contributed by atoms with Gasteiger partial charge in [-0.1, -0.05) is 133 Å². The quantitative estimate of drug-likeness (QED) is 0.0776. The minimum absolute atomic E-state index is 0.00295. The summed E-state index contributed by atoms with van der Waals surface area (Å²) in [6.07, 6.45) is 46.8. The van der Waals surface area contributed by atoms with Crippen LogP contribution in [0.3, 0.4) is 0 Å². The van der Waals surface area contributed by atoms with Crippen LogP contribution in [0.1, 0.15) is 164 Å². The monoisotopic (exact) mass is 671 g/mol. The number of carbonyl (C=O) groups is 1. The van der Waals surface area contributed by atoms with Crippen LogP contribution in [-0.2, 0) is 9.53 Å². The van der Waals surface area contributed by atoms with E-state index >= 15 is 0 Å². The number of ether oxygens (including phenoxy) is 1. The Labute approximate surface area is 303 Å². The van der Waals surface area contributed by atoms with Crippen LogP contribution in [0.25, 0.3) is 0 Å². The lowest BCUT2D eigenvalue weighted by atomic mass is 9.47. The zero-order valence-corrected chi connectivity index (χ0v) is 32.6. The van der Waals surface area contributed by atoms with E-state index in [0.29, 0.717) is 17.3 Å². The Hall–Kier alpha value is -2.09. The highest BCUT2D eigenvalue weighted by atomic mass is 16.5. The predicted molar refractivity (Wildman–Crippen MR) is 211 cm³/mol. The van der Waals surface area contributed by atoms with Gasteiger partial charge in [0.1, 0.15) is 6.10 Å². The van der Waals surface area contributed by atoms with Crippen LogP contribution in [0, 0.1) is 46.3 Å². The van der Waals surface area contributed by atoms with Crippen LogP contribution >= 0.6 is 0 Å². The van der Waals surface area contributed by atoms with Gasteiger partial charge >= 0.3 is 5.97 Å². The van der Waals surface area contributed by atoms with E-state index in [4.69, 9.17) is 4.74 Å². The van der Waals surface area contributed by atoms with E-state index in [9.17, 15) is 4.79 Å². The lowest BCUT2D eigenvalue weighted by Gasteiger charge is -2.58. The standard InChI is InChI=1S/C47H74O2/c1-7-8-9-10-11-12-13-14-15-16-17-18-19-20-21-22-23-27-45(48)49-40-32-34-46(5)39(36-40)28-29-41-43-31-30-42(38(4)26-24-25-37(2)3)47(43,6)35-33-44(41)46/h8-9,11-12,14-15,17-18,20-21,28,37-38,40-44H,7,10,13,16,19,22-27,29-36H2,1-6H3/t38-,40+,41+,42-,43+,44+,46+,47-/m1/s1. The van der Waals surface area contributed by atoms with Crippen molar-refractivity contribution in [3.8, 4) is 0 Å². The van der Waals surface area contributed by atoms with Crippen molar-refractivity contribution < 1.29 is 9.53 Å². The van der Waals surface area contributed by atoms with Crippen molar-refractivity contribution in [3.63, 3.8) is 0 Å². The van der Waals surface area contributed by atoms with E-state index in [1.165, 1.54) is 57.8 Å². The van der Waals surface area contributed by atoms with Gasteiger partial charge in [-0.2, -0.15) is 0 Å². The van der Waals surface area contributed by atoms with Crippen LogP contribution in [0.2, 0.25) is 0 Å². The molecule has 49 heavy (non-hydrogen) atoms. The van der Waals surface area contributed by atoms with E-state index in [0.717, 1.165) is 93.3 Å². The van der Waals surface area contributed by atoms with Crippen molar-refractivity contribution in [3.05, 3.63) is 72.4 Å². The van der Waals surface area contributed by atoms with E-state index in [2.05, 4.69) is 108 Å². The van der Waals surface area contributed by atoms with E-state index in [1.807, 2.05) is 0 Å². The van der Waals surface area contributed by atoms with Gasteiger partial charge in [0, 0.05) is 12.8 Å². The molecule has 2 heteroatoms. The molecule has 4 aliphatic rings. The Morgan fingerprint density at radius 3 is 2.10 bits per heavy atom. The number of esters is 1. The second kappa shape index (κ2) is 20.1. The molecule has 3 saturated carbocycles. The second-order valence-corrected chi connectivity index (χ2v) is 17.2. The van der Waals surface area contributed by atoms with Crippen LogP contribution in [0.4, 0.5) is 0 Å². The topological polar surface area (TPSA) is 26.3 Å². The van der Waals surface area contributed by atoms with Crippen molar-refractivity contribution in [1.29, 1.82) is 0 Å². The highest BCUT2D eigenvalue weighted by molar-refractivity contribution is 5.69. The number of carbonyl (C=O) groups excluding carboxylic acids is 1. The molecular weight excluding hydrogens is 597 g/mol. The maximum absolute atomic E-state index is 12.8. The van der Waals surface area contributed by atoms with Crippen LogP contribution in [0.5, 0.6) is 0 Å². The van der Waals surface area contributed by atoms with Crippen molar-refractivity contribution in [2.45, 2.75) is 170 Å². The Balaban J connectivity index is 1.13. The first kappa shape index (κ1) is 39.7. The Morgan fingerprint density at radius 2 is 1.45 bits per heavy atom. The SMILES string of the molecule is CCC=CCC=CCC=CCC=CCC=CCCCC(=O)O[C@H]1CC[C@@]2(C)C(=CC[C@H]3[C@@H]4CC[C@H]([C@H](C)CCCC(C)C)[C@@]4(C)CC[C@@H]32)C1. The predicted octanol–water partition coefficient (Wildman–Crippen LogP) is 13.9. The minimum Gasteiger partial charge on any atom is -0.462 e. The summed E-state index contributed by atoms with van der Waals surface area (Å²) in [6, 6.07) is 0. The van der Waals surface area contributed by atoms with Gasteiger partial charge in [-0.05, 0) is 136 Å². The molecular formula is C47H74O2. The van der Waals surface area contributed by atoms with Gasteiger partial charge < -0.3 is 4.74 Å². The van der Waals surface area contributed by atoms with Crippen LogP contribution in [-0.4, -0.2) is 12.1 Å². The first-order valence-electron chi connectivity index (χ1n) is 20.8. The molecule has 2 nitrogen and oxygen atoms in total. The largest absolute Gasteiger partial charge is 0.462 e. The summed E-state index contributed by atoms with van der Waals surface area (Å²) in [4.78, 5) is 12.8. The zero-order valence-electron chi connectivity index (χ0n) is 32.6. The minimum atomic E-state index is 0.00295. The first-order valence-corrected chi connectivity index (χ1v) is 20.8. The molecule has 4 aliphatic carbocycles. The fraction of sp³-hybridized carbons (Fsp3) is 0.723. The fourth-order valence-corrected chi connectivity index (χ4v) is 10.7. The van der Waals surface area contributed by atoms with Crippen molar-refractivity contribution >= 4 is 5.97 Å². The van der Waals surface area contributed by atoms with Gasteiger partial charge in [0.05, 0.1) is 0 Å². The summed E-state index contributed by atoms with van der Waals surface area (Å²) in [5.74, 6) is 5.20. The highest BCUT2D eigenvalue weighted by Crippen LogP contribution is 2.67. The third kappa shape index (κ3) is 11.2. The fourth-order valence-electron chi connectivity index (χ4n) is 10.7. The molecule has 3 fully saturated rings. The molecule has 0 aromatic rings. The molecule has 4 rings (SSSR count). The molecule has 0 amide bonds. The summed E-state index contributed by atoms with van der Waals surface area (Å²) in [5, 5.41) is 0. The molecule has 0 bridgehead atoms. The molecule has 0 aromatic carbocycles. The molecule has 0 radical (unpaired) electrons. The zero-order chi connectivity index (χ0) is 35.1. The lowest BCUT2D eigenvalue weighted by Crippen LogP contribution is -2.51. The Kier molecular flexibility index (Phi) is 16.3. The lowest BCUT2D eigenvalue weighted by molar-refractivity contribution is -0.151. The van der Waals surface area contributed by atoms with Crippen molar-refractivity contribution in [2.24, 2.45) is 46.3 Å². The number of hydrogen-bond donors (Lipinski definition) is 0. The number of rotatable bonds is 19. The molecule has 0 saturated heterocycles. The first-order chi connectivity index (χ1) is 23.7. The third-order valence-electron chi connectivity index (χ3n) is 13.5. The average molecular weight is 671 g/mol. The van der Waals surface area contributed by atoms with E-state index in [1.54, 1.807) is 5.57 Å². The second-order valence-electron chi connectivity index (χ2n) is 17.2. The summed E-state index contributed by atoms with van der Waals surface area (Å²) in [5.41, 5.74) is 2.48. The summed E-state index contributed by atoms with van der Waals surface area (Å²) < 4.78 is 6.09. The molecule has 0 spiro atoms. The summed E-state index contributed by atoms with van der Waals surface area (Å²) in [7, 11) is 0. The number of unbranched alkanes of at least 4 members (excludes halogenated alkanes) is 1. The number of allylic oxidation sites excluding steroid dienone is 11. The van der Waals surface area contributed by atoms with Crippen molar-refractivity contribution in [1.82, 2.24) is 0 Å². The smallest absolute Gasteiger partial charge is 0.306 e. The van der Waals surface area contributed by atoms with Gasteiger partial charge in [0.15, 0.2) is 0 Å². The van der Waals surface area contributed by atoms with Gasteiger partial charge in [0.25, 0.3) is 0 Å². The third-order valence-corrected chi connectivity index (χ3v) is 13.5. The molecule has 0 aliphatic heterocycles. The number of hydrogen-bond acceptors (Lipinski definition) is 2. The van der Waals surface area contributed by atoms with Gasteiger partial charge in [-0.3, -0.25) is 4.79 Å². The summed E-state index contributed by atoms with van der Waals surface area (Å²) in [6.45, 7) is 14.8. The van der Waals surface area contributed by atoms with Gasteiger partial charge in [0.2, 0.25) is 0 Å². The molecule has 0 unspecified atom stereocenters. The molecule has 274 valence electrons. The average Bonchev–Trinajstić information content (AvgIpc) is 3.43. The Bertz CT molecular complexity index is 1180. The molecule has 0 aromatic heterocycles. The van der Waals surface area contributed by atoms with E-state index in [-0.39, 0.29) is 12.1 Å². The highest BCUT2D eigenvalue weighted by Gasteiger charge is 2.59. The van der Waals surface area contributed by atoms with Crippen LogP contribution < -0.4 is 0 Å². The van der Waals surface area contributed by atoms with E-state index < -0.39 is 0 Å². The van der Waals surface area contributed by atoms with Gasteiger partial charge in [-0.25, -0.2) is 0 Å². The van der Waals surface area contributed by atoms with Crippen LogP contribution in [0.15, 0.2) is 72.4 Å². The molecule has 0 heterocycles. The normalized spacial score (nSPS) is 32.4. The molecule has 0 N–H and O–H groups in total. The summed E-state index contributed by atoms with van der Waals surface area (Å²) >= 11 is 0. The van der Waals surface area contributed by atoms with Crippen molar-refractivity contribution in [2.75, 3.05) is 0 Å². The molecule has 8 atom stereocenters. The maximum atomic E-state index is 12.8. The maximum Gasteiger partial charge on any atom is 0.306 e. The van der Waals surface area contributed by atoms with Gasteiger partial charge in [-0.15, -0.1) is 0 Å². The Morgan fingerprint density at radius 1 is 0.796 bits per heavy atom. The number of fused-ring (bicyclic) bond motifs is 5.